The van der Waals surface area contributed by atoms with E-state index in [1.807, 2.05) is 39.1 Å². The van der Waals surface area contributed by atoms with E-state index < -0.39 is 0 Å². The molecule has 0 aliphatic rings. The molecule has 0 bridgehead atoms. The van der Waals surface area contributed by atoms with Crippen LogP contribution in [0.5, 0.6) is 5.75 Å². The van der Waals surface area contributed by atoms with Crippen molar-refractivity contribution in [3.8, 4) is 5.75 Å². The molecule has 17 heavy (non-hydrogen) atoms. The highest BCUT2D eigenvalue weighted by atomic mass is 32.1. The Morgan fingerprint density at radius 3 is 2.59 bits per heavy atom. The van der Waals surface area contributed by atoms with Gasteiger partial charge in [-0.2, -0.15) is 0 Å². The highest BCUT2D eigenvalue weighted by molar-refractivity contribution is 7.10. The SMILES string of the molecule is CC.CCOC(=O)CCc1sccc1OCC. The van der Waals surface area contributed by atoms with Crippen LogP contribution in [0.4, 0.5) is 0 Å². The molecule has 0 saturated carbocycles. The Bertz CT molecular complexity index is 307. The van der Waals surface area contributed by atoms with Crippen LogP contribution in [0.15, 0.2) is 11.4 Å². The van der Waals surface area contributed by atoms with Crippen molar-refractivity contribution in [2.45, 2.75) is 40.5 Å². The molecule has 1 aromatic heterocycles. The van der Waals surface area contributed by atoms with Gasteiger partial charge in [-0.3, -0.25) is 4.79 Å². The zero-order valence-electron chi connectivity index (χ0n) is 11.1. The molecule has 0 amide bonds. The Morgan fingerprint density at radius 1 is 1.29 bits per heavy atom. The summed E-state index contributed by atoms with van der Waals surface area (Å²) in [5, 5.41) is 1.98. The lowest BCUT2D eigenvalue weighted by molar-refractivity contribution is -0.143. The minimum absolute atomic E-state index is 0.145. The van der Waals surface area contributed by atoms with Crippen molar-refractivity contribution < 1.29 is 14.3 Å². The molecule has 3 nitrogen and oxygen atoms in total. The minimum Gasteiger partial charge on any atom is -0.493 e. The van der Waals surface area contributed by atoms with Crippen LogP contribution in [-0.2, 0) is 16.0 Å². The number of ether oxygens (including phenoxy) is 2. The summed E-state index contributed by atoms with van der Waals surface area (Å²) < 4.78 is 10.3. The summed E-state index contributed by atoms with van der Waals surface area (Å²) in [4.78, 5) is 12.3. The molecule has 1 rings (SSSR count). The number of esters is 1. The van der Waals surface area contributed by atoms with Crippen molar-refractivity contribution in [2.24, 2.45) is 0 Å². The fraction of sp³-hybridized carbons (Fsp3) is 0.615. The van der Waals surface area contributed by atoms with Gasteiger partial charge in [-0.15, -0.1) is 11.3 Å². The van der Waals surface area contributed by atoms with E-state index in [2.05, 4.69) is 0 Å². The Morgan fingerprint density at radius 2 is 2.00 bits per heavy atom. The predicted molar refractivity (Wildman–Crippen MR) is 71.8 cm³/mol. The largest absolute Gasteiger partial charge is 0.493 e. The second-order valence-corrected chi connectivity index (χ2v) is 3.95. The summed E-state index contributed by atoms with van der Waals surface area (Å²) in [6.45, 7) is 8.87. The summed E-state index contributed by atoms with van der Waals surface area (Å²) in [6.07, 6.45) is 1.13. The zero-order valence-corrected chi connectivity index (χ0v) is 11.9. The fourth-order valence-corrected chi connectivity index (χ4v) is 2.06. The molecule has 0 aliphatic carbocycles. The van der Waals surface area contributed by atoms with Gasteiger partial charge in [-0.25, -0.2) is 0 Å². The third kappa shape index (κ3) is 6.31. The Labute approximate surface area is 108 Å². The van der Waals surface area contributed by atoms with E-state index >= 15 is 0 Å². The normalized spacial score (nSPS) is 9.18. The van der Waals surface area contributed by atoms with E-state index in [4.69, 9.17) is 9.47 Å². The van der Waals surface area contributed by atoms with E-state index in [-0.39, 0.29) is 5.97 Å². The number of aryl methyl sites for hydroxylation is 1. The Hall–Kier alpha value is -1.03. The average molecular weight is 258 g/mol. The monoisotopic (exact) mass is 258 g/mol. The van der Waals surface area contributed by atoms with Crippen LogP contribution in [0.25, 0.3) is 0 Å². The Kier molecular flexibility index (Phi) is 9.53. The van der Waals surface area contributed by atoms with E-state index in [1.54, 1.807) is 11.3 Å². The van der Waals surface area contributed by atoms with Crippen LogP contribution in [-0.4, -0.2) is 19.2 Å². The van der Waals surface area contributed by atoms with Gasteiger partial charge in [0.1, 0.15) is 5.75 Å². The molecule has 0 N–H and O–H groups in total. The van der Waals surface area contributed by atoms with E-state index in [1.165, 1.54) is 0 Å². The summed E-state index contributed by atoms with van der Waals surface area (Å²) in [5.41, 5.74) is 0. The highest BCUT2D eigenvalue weighted by Crippen LogP contribution is 2.26. The van der Waals surface area contributed by atoms with Crippen LogP contribution in [0.3, 0.4) is 0 Å². The van der Waals surface area contributed by atoms with Crippen LogP contribution >= 0.6 is 11.3 Å². The Balaban J connectivity index is 0.00000121. The van der Waals surface area contributed by atoms with Gasteiger partial charge < -0.3 is 9.47 Å². The summed E-state index contributed by atoms with van der Waals surface area (Å²) >= 11 is 1.62. The number of hydrogen-bond donors (Lipinski definition) is 0. The van der Waals surface area contributed by atoms with Crippen molar-refractivity contribution in [3.05, 3.63) is 16.3 Å². The van der Waals surface area contributed by atoms with E-state index in [0.29, 0.717) is 26.1 Å². The lowest BCUT2D eigenvalue weighted by atomic mass is 10.2. The minimum atomic E-state index is -0.145. The van der Waals surface area contributed by atoms with Crippen LogP contribution in [0.1, 0.15) is 39.0 Å². The van der Waals surface area contributed by atoms with Crippen molar-refractivity contribution in [3.63, 3.8) is 0 Å². The summed E-state index contributed by atoms with van der Waals surface area (Å²) in [7, 11) is 0. The molecule has 0 atom stereocenters. The van der Waals surface area contributed by atoms with Gasteiger partial charge in [-0.05, 0) is 31.7 Å². The molecular weight excluding hydrogens is 236 g/mol. The highest BCUT2D eigenvalue weighted by Gasteiger charge is 2.08. The fourth-order valence-electron chi connectivity index (χ4n) is 1.24. The number of thiophene rings is 1. The smallest absolute Gasteiger partial charge is 0.306 e. The van der Waals surface area contributed by atoms with E-state index in [9.17, 15) is 4.79 Å². The third-order valence-electron chi connectivity index (χ3n) is 1.87. The van der Waals surface area contributed by atoms with Crippen molar-refractivity contribution >= 4 is 17.3 Å². The lowest BCUT2D eigenvalue weighted by Gasteiger charge is -2.04. The van der Waals surface area contributed by atoms with Crippen molar-refractivity contribution in [1.82, 2.24) is 0 Å². The topological polar surface area (TPSA) is 35.5 Å². The van der Waals surface area contributed by atoms with Gasteiger partial charge in [0.25, 0.3) is 0 Å². The molecule has 0 fully saturated rings. The van der Waals surface area contributed by atoms with Gasteiger partial charge in [0.2, 0.25) is 0 Å². The van der Waals surface area contributed by atoms with Crippen LogP contribution < -0.4 is 4.74 Å². The molecule has 0 unspecified atom stereocenters. The second-order valence-electron chi connectivity index (χ2n) is 2.95. The molecule has 1 aromatic rings. The number of carbonyl (C=O) groups excluding carboxylic acids is 1. The van der Waals surface area contributed by atoms with E-state index in [0.717, 1.165) is 10.6 Å². The maximum atomic E-state index is 11.1. The molecule has 98 valence electrons. The number of hydrogen-bond acceptors (Lipinski definition) is 4. The first kappa shape index (κ1) is 16.0. The molecule has 1 heterocycles. The van der Waals surface area contributed by atoms with Crippen LogP contribution in [0, 0.1) is 0 Å². The first-order chi connectivity index (χ1) is 8.27. The summed E-state index contributed by atoms with van der Waals surface area (Å²) in [6, 6.07) is 1.94. The van der Waals surface area contributed by atoms with Gasteiger partial charge in [0, 0.05) is 4.88 Å². The third-order valence-corrected chi connectivity index (χ3v) is 2.83. The maximum absolute atomic E-state index is 11.1. The first-order valence-corrected chi connectivity index (χ1v) is 7.00. The van der Waals surface area contributed by atoms with Gasteiger partial charge >= 0.3 is 5.97 Å². The molecule has 0 saturated heterocycles. The number of carbonyl (C=O) groups is 1. The molecular formula is C13H22O3S. The van der Waals surface area contributed by atoms with Gasteiger partial charge in [0.05, 0.1) is 19.6 Å². The second kappa shape index (κ2) is 10.1. The first-order valence-electron chi connectivity index (χ1n) is 6.12. The molecule has 0 aliphatic heterocycles. The molecule has 0 radical (unpaired) electrons. The quantitative estimate of drug-likeness (QED) is 0.730. The predicted octanol–water partition coefficient (Wildman–Crippen LogP) is 3.67. The molecule has 0 aromatic carbocycles. The maximum Gasteiger partial charge on any atom is 0.306 e. The van der Waals surface area contributed by atoms with Crippen molar-refractivity contribution in [1.29, 1.82) is 0 Å². The van der Waals surface area contributed by atoms with Crippen molar-refractivity contribution in [2.75, 3.05) is 13.2 Å². The average Bonchev–Trinajstić information content (AvgIpc) is 2.78. The molecule has 0 spiro atoms. The standard InChI is InChI=1S/C11H16O3S.C2H6/c1-3-13-9-7-8-15-10(9)5-6-11(12)14-4-2;1-2/h7-8H,3-6H2,1-2H3;1-2H3. The lowest BCUT2D eigenvalue weighted by Crippen LogP contribution is -2.05. The van der Waals surface area contributed by atoms with Gasteiger partial charge in [-0.1, -0.05) is 13.8 Å². The number of rotatable bonds is 6. The summed E-state index contributed by atoms with van der Waals surface area (Å²) in [5.74, 6) is 0.750. The van der Waals surface area contributed by atoms with Crippen LogP contribution in [0.2, 0.25) is 0 Å². The molecule has 4 heteroatoms. The van der Waals surface area contributed by atoms with Gasteiger partial charge in [0.15, 0.2) is 0 Å². The zero-order chi connectivity index (χ0) is 13.1.